The van der Waals surface area contributed by atoms with Crippen LogP contribution in [0.1, 0.15) is 87.0 Å². The first-order valence-electron chi connectivity index (χ1n) is 12.1. The predicted molar refractivity (Wildman–Crippen MR) is 127 cm³/mol. The summed E-state index contributed by atoms with van der Waals surface area (Å²) in [6, 6.07) is 0. The fourth-order valence-electron chi connectivity index (χ4n) is 5.92. The van der Waals surface area contributed by atoms with Crippen molar-refractivity contribution in [1.82, 2.24) is 0 Å². The molecule has 3 fully saturated rings. The van der Waals surface area contributed by atoms with E-state index >= 15 is 0 Å². The van der Waals surface area contributed by atoms with Crippen molar-refractivity contribution in [1.29, 1.82) is 0 Å². The lowest BCUT2D eigenvalue weighted by molar-refractivity contribution is -0.158. The molecule has 176 valence electrons. The normalized spacial score (nSPS) is 35.8. The molecule has 3 saturated carbocycles. The first-order chi connectivity index (χ1) is 14.0. The number of rotatable bonds is 5. The van der Waals surface area contributed by atoms with Gasteiger partial charge in [-0.1, -0.05) is 33.8 Å². The molecule has 0 aromatic heterocycles. The molecule has 0 N–H and O–H groups in total. The number of ketones is 1. The molecule has 4 rings (SSSR count). The summed E-state index contributed by atoms with van der Waals surface area (Å²) in [4.78, 5) is 25.5. The molecule has 5 heteroatoms. The molecule has 0 amide bonds. The van der Waals surface area contributed by atoms with Gasteiger partial charge in [-0.3, -0.25) is 9.59 Å². The standard InChI is InChI=1S/C26H44O4Si/c1-23(2,3)29-22(28)12-13-25(7)20-16-18-10-14-26(20,15-11-21(25)27)17-19(18)30-31(8,9)24(4,5)6/h11,15,18-20H,10,12-14,16-17H2,1-9H3/t18-,19?,20?,25?,26+/m0/s1. The van der Waals surface area contributed by atoms with E-state index in [1.54, 1.807) is 0 Å². The molecular weight excluding hydrogens is 404 g/mol. The van der Waals surface area contributed by atoms with E-state index in [0.29, 0.717) is 24.9 Å². The third-order valence-electron chi connectivity index (χ3n) is 8.74. The topological polar surface area (TPSA) is 52.6 Å². The fraction of sp³-hybridized carbons (Fsp3) is 0.846. The van der Waals surface area contributed by atoms with Crippen LogP contribution in [0.2, 0.25) is 18.1 Å². The number of carbonyl (C=O) groups excluding carboxylic acids is 2. The van der Waals surface area contributed by atoms with Crippen molar-refractivity contribution < 1.29 is 18.8 Å². The Morgan fingerprint density at radius 3 is 2.42 bits per heavy atom. The van der Waals surface area contributed by atoms with Crippen LogP contribution in [-0.4, -0.2) is 31.8 Å². The summed E-state index contributed by atoms with van der Waals surface area (Å²) in [6.07, 6.45) is 9.54. The van der Waals surface area contributed by atoms with E-state index < -0.39 is 19.3 Å². The maximum atomic E-state index is 13.1. The first-order valence-corrected chi connectivity index (χ1v) is 15.0. The maximum absolute atomic E-state index is 13.1. The summed E-state index contributed by atoms with van der Waals surface area (Å²) in [5, 5.41) is 0.195. The van der Waals surface area contributed by atoms with Gasteiger partial charge in [0, 0.05) is 17.9 Å². The van der Waals surface area contributed by atoms with Crippen molar-refractivity contribution in [3.8, 4) is 0 Å². The molecule has 4 aliphatic rings. The monoisotopic (exact) mass is 448 g/mol. The molecule has 0 radical (unpaired) electrons. The highest BCUT2D eigenvalue weighted by molar-refractivity contribution is 6.74. The smallest absolute Gasteiger partial charge is 0.306 e. The van der Waals surface area contributed by atoms with Crippen molar-refractivity contribution in [2.45, 2.75) is 117 Å². The van der Waals surface area contributed by atoms with Gasteiger partial charge in [0.1, 0.15) is 5.60 Å². The van der Waals surface area contributed by atoms with Crippen LogP contribution in [0.25, 0.3) is 0 Å². The molecule has 31 heavy (non-hydrogen) atoms. The van der Waals surface area contributed by atoms with Gasteiger partial charge >= 0.3 is 5.97 Å². The summed E-state index contributed by atoms with van der Waals surface area (Å²) in [7, 11) is -1.84. The third-order valence-corrected chi connectivity index (χ3v) is 13.2. The minimum absolute atomic E-state index is 0.0262. The van der Waals surface area contributed by atoms with Crippen LogP contribution in [0.3, 0.4) is 0 Å². The number of esters is 1. The number of hydrogen-bond donors (Lipinski definition) is 0. The zero-order valence-electron chi connectivity index (χ0n) is 21.3. The van der Waals surface area contributed by atoms with E-state index in [9.17, 15) is 9.59 Å². The molecule has 5 atom stereocenters. The summed E-state index contributed by atoms with van der Waals surface area (Å²) >= 11 is 0. The Hall–Kier alpha value is -0.943. The second-order valence-corrected chi connectivity index (χ2v) is 17.9. The molecule has 4 aliphatic carbocycles. The largest absolute Gasteiger partial charge is 0.460 e. The van der Waals surface area contributed by atoms with Gasteiger partial charge in [0.25, 0.3) is 0 Å². The highest BCUT2D eigenvalue weighted by atomic mass is 28.4. The van der Waals surface area contributed by atoms with Gasteiger partial charge in [-0.2, -0.15) is 0 Å². The molecule has 0 heterocycles. The summed E-state index contributed by atoms with van der Waals surface area (Å²) in [5.74, 6) is 0.783. The molecule has 0 saturated heterocycles. The lowest BCUT2D eigenvalue weighted by Gasteiger charge is -2.61. The Kier molecular flexibility index (Phi) is 6.24. The van der Waals surface area contributed by atoms with E-state index in [-0.39, 0.29) is 28.1 Å². The van der Waals surface area contributed by atoms with Gasteiger partial charge in [-0.25, -0.2) is 0 Å². The minimum Gasteiger partial charge on any atom is -0.460 e. The average Bonchev–Trinajstić information content (AvgIpc) is 2.61. The van der Waals surface area contributed by atoms with Gasteiger partial charge in [0.15, 0.2) is 14.1 Å². The SMILES string of the molecule is CC(C)(C)OC(=O)CCC1(C)C(=O)C=C[C@@]23CC[C@@H](CC12)C(O[Si](C)(C)C(C)(C)C)C3. The number of hydrogen-bond acceptors (Lipinski definition) is 4. The van der Waals surface area contributed by atoms with Gasteiger partial charge < -0.3 is 9.16 Å². The summed E-state index contributed by atoms with van der Waals surface area (Å²) in [6.45, 7) is 19.3. The maximum Gasteiger partial charge on any atom is 0.306 e. The molecule has 0 aliphatic heterocycles. The van der Waals surface area contributed by atoms with Crippen molar-refractivity contribution in [2.24, 2.45) is 22.7 Å². The number of ether oxygens (including phenoxy) is 1. The van der Waals surface area contributed by atoms with Crippen LogP contribution < -0.4 is 0 Å². The highest BCUT2D eigenvalue weighted by Gasteiger charge is 2.60. The second-order valence-electron chi connectivity index (χ2n) is 13.1. The number of fused-ring (bicyclic) bond motifs is 2. The Morgan fingerprint density at radius 1 is 1.19 bits per heavy atom. The van der Waals surface area contributed by atoms with E-state index in [1.807, 2.05) is 26.8 Å². The summed E-state index contributed by atoms with van der Waals surface area (Å²) in [5.41, 5.74) is -0.960. The predicted octanol–water partition coefficient (Wildman–Crippen LogP) is 6.45. The van der Waals surface area contributed by atoms with E-state index in [2.05, 4.69) is 46.9 Å². The van der Waals surface area contributed by atoms with Crippen molar-refractivity contribution >= 4 is 20.1 Å². The zero-order chi connectivity index (χ0) is 23.5. The fourth-order valence-corrected chi connectivity index (χ4v) is 7.30. The Balaban J connectivity index is 1.79. The van der Waals surface area contributed by atoms with E-state index in [4.69, 9.17) is 9.16 Å². The highest BCUT2D eigenvalue weighted by Crippen LogP contribution is 2.64. The molecule has 3 unspecified atom stereocenters. The molecule has 2 bridgehead atoms. The van der Waals surface area contributed by atoms with E-state index in [0.717, 1.165) is 19.3 Å². The van der Waals surface area contributed by atoms with Crippen molar-refractivity contribution in [3.63, 3.8) is 0 Å². The van der Waals surface area contributed by atoms with Crippen LogP contribution in [0.15, 0.2) is 12.2 Å². The zero-order valence-corrected chi connectivity index (χ0v) is 22.3. The van der Waals surface area contributed by atoms with E-state index in [1.165, 1.54) is 6.42 Å². The van der Waals surface area contributed by atoms with Crippen LogP contribution >= 0.6 is 0 Å². The van der Waals surface area contributed by atoms with Crippen LogP contribution in [0, 0.1) is 22.7 Å². The quantitative estimate of drug-likeness (QED) is 0.358. The van der Waals surface area contributed by atoms with Gasteiger partial charge in [-0.15, -0.1) is 0 Å². The Bertz CT molecular complexity index is 756. The Morgan fingerprint density at radius 2 is 1.84 bits per heavy atom. The molecule has 1 spiro atoms. The molecular formula is C26H44O4Si. The van der Waals surface area contributed by atoms with Gasteiger partial charge in [0.2, 0.25) is 0 Å². The molecule has 4 nitrogen and oxygen atoms in total. The Labute approximate surface area is 190 Å². The van der Waals surface area contributed by atoms with Crippen LogP contribution in [-0.2, 0) is 18.8 Å². The minimum atomic E-state index is -1.84. The third kappa shape index (κ3) is 4.73. The lowest BCUT2D eigenvalue weighted by atomic mass is 9.45. The van der Waals surface area contributed by atoms with Crippen LogP contribution in [0.5, 0.6) is 0 Å². The van der Waals surface area contributed by atoms with Crippen LogP contribution in [0.4, 0.5) is 0 Å². The number of allylic oxidation sites excluding steroid dienone is 2. The first kappa shape index (κ1) is 24.7. The average molecular weight is 449 g/mol. The van der Waals surface area contributed by atoms with Gasteiger partial charge in [-0.05, 0) is 94.3 Å². The van der Waals surface area contributed by atoms with Crippen molar-refractivity contribution in [2.75, 3.05) is 0 Å². The molecule has 0 aromatic rings. The number of carbonyl (C=O) groups is 2. The summed E-state index contributed by atoms with van der Waals surface area (Å²) < 4.78 is 12.4. The van der Waals surface area contributed by atoms with Crippen molar-refractivity contribution in [3.05, 3.63) is 12.2 Å². The molecule has 0 aromatic carbocycles. The van der Waals surface area contributed by atoms with Gasteiger partial charge in [0.05, 0.1) is 0 Å². The lowest BCUT2D eigenvalue weighted by Crippen LogP contribution is -2.59. The second kappa shape index (κ2) is 7.83.